The number of amides is 1. The highest BCUT2D eigenvalue weighted by atomic mass is 35.5. The Morgan fingerprint density at radius 2 is 1.59 bits per heavy atom. The Kier molecular flexibility index (Phi) is 7.12. The van der Waals surface area contributed by atoms with Gasteiger partial charge in [-0.15, -0.1) is 23.2 Å². The Bertz CT molecular complexity index is 1090. The van der Waals surface area contributed by atoms with Gasteiger partial charge in [0, 0.05) is 17.1 Å². The van der Waals surface area contributed by atoms with E-state index in [4.69, 9.17) is 35.4 Å². The number of carbonyl (C=O) groups excluding carboxylic acids is 1. The molecule has 0 aromatic heterocycles. The maximum absolute atomic E-state index is 13.7. The minimum atomic E-state index is -4.72. The van der Waals surface area contributed by atoms with E-state index in [1.807, 2.05) is 0 Å². The molecule has 3 rings (SSSR count). The van der Waals surface area contributed by atoms with E-state index in [1.54, 1.807) is 30.3 Å². The maximum Gasteiger partial charge on any atom is 0.412 e. The van der Waals surface area contributed by atoms with Crippen molar-refractivity contribution >= 4 is 57.8 Å². The molecule has 0 radical (unpaired) electrons. The van der Waals surface area contributed by atoms with E-state index in [2.05, 4.69) is 16.0 Å². The second-order valence-corrected chi connectivity index (χ2v) is 8.22. The monoisotopic (exact) mass is 503 g/mol. The van der Waals surface area contributed by atoms with Gasteiger partial charge in [-0.05, 0) is 60.8 Å². The number of allylic oxidation sites excluding steroid dienone is 3. The Balaban J connectivity index is 1.58. The Labute approximate surface area is 196 Å². The lowest BCUT2D eigenvalue weighted by molar-refractivity contribution is -0.148. The molecule has 2 aromatic rings. The van der Waals surface area contributed by atoms with Crippen LogP contribution in [0.4, 0.5) is 28.9 Å². The number of benzene rings is 2. The topological polar surface area (TPSA) is 53.2 Å². The fourth-order valence-electron chi connectivity index (χ4n) is 2.75. The summed E-state index contributed by atoms with van der Waals surface area (Å²) in [6.07, 6.45) is -1.68. The predicted octanol–water partition coefficient (Wildman–Crippen LogP) is 5.97. The number of alkyl halides is 5. The van der Waals surface area contributed by atoms with Crippen molar-refractivity contribution in [1.82, 2.24) is 5.32 Å². The van der Waals surface area contributed by atoms with E-state index in [1.165, 1.54) is 18.2 Å². The van der Waals surface area contributed by atoms with Gasteiger partial charge in [0.25, 0.3) is 5.91 Å². The van der Waals surface area contributed by atoms with Crippen molar-refractivity contribution in [3.8, 4) is 0 Å². The molecule has 1 aliphatic rings. The first-order chi connectivity index (χ1) is 15.0. The summed E-state index contributed by atoms with van der Waals surface area (Å²) in [5.74, 6) is -1.23. The molecule has 0 spiro atoms. The lowest BCUT2D eigenvalue weighted by atomic mass is 9.97. The molecule has 3 N–H and O–H groups in total. The minimum absolute atomic E-state index is 0.0852. The molecule has 2 aromatic carbocycles. The quantitative estimate of drug-likeness (QED) is 0.273. The average Bonchev–Trinajstić information content (AvgIpc) is 2.71. The SMILES string of the molecule is O=C(Nc1ccc(NC(=S)NC2=CC(Cl)C(Cl)(C(F)(F)F)C=C2)cc1)c1ccccc1F. The van der Waals surface area contributed by atoms with Crippen LogP contribution in [0, 0.1) is 5.82 Å². The van der Waals surface area contributed by atoms with Crippen molar-refractivity contribution in [3.05, 3.63) is 83.8 Å². The molecule has 0 fully saturated rings. The van der Waals surface area contributed by atoms with Crippen LogP contribution in [-0.4, -0.2) is 27.4 Å². The van der Waals surface area contributed by atoms with Crippen LogP contribution in [-0.2, 0) is 0 Å². The van der Waals surface area contributed by atoms with Gasteiger partial charge in [0.2, 0.25) is 0 Å². The minimum Gasteiger partial charge on any atom is -0.333 e. The van der Waals surface area contributed by atoms with Crippen molar-refractivity contribution in [2.45, 2.75) is 16.4 Å². The van der Waals surface area contributed by atoms with E-state index in [-0.39, 0.29) is 16.4 Å². The van der Waals surface area contributed by atoms with E-state index in [0.717, 1.165) is 18.2 Å². The van der Waals surface area contributed by atoms with E-state index in [0.29, 0.717) is 11.4 Å². The highest BCUT2D eigenvalue weighted by molar-refractivity contribution is 7.80. The normalized spacial score (nSPS) is 20.3. The van der Waals surface area contributed by atoms with Gasteiger partial charge in [0.05, 0.1) is 10.9 Å². The molecule has 0 saturated carbocycles. The molecular formula is C21H15Cl2F4N3OS. The summed E-state index contributed by atoms with van der Waals surface area (Å²) in [7, 11) is 0. The van der Waals surface area contributed by atoms with Crippen molar-refractivity contribution < 1.29 is 22.4 Å². The summed E-state index contributed by atoms with van der Waals surface area (Å²) in [5, 5.41) is 6.73. The third-order valence-corrected chi connectivity index (χ3v) is 5.81. The average molecular weight is 504 g/mol. The van der Waals surface area contributed by atoms with Crippen LogP contribution in [0.2, 0.25) is 0 Å². The second kappa shape index (κ2) is 9.48. The summed E-state index contributed by atoms with van der Waals surface area (Å²) in [6.45, 7) is 0. The molecule has 2 unspecified atom stereocenters. The Morgan fingerprint density at radius 1 is 1.00 bits per heavy atom. The van der Waals surface area contributed by atoms with Crippen LogP contribution in [0.5, 0.6) is 0 Å². The molecule has 32 heavy (non-hydrogen) atoms. The first-order valence-electron chi connectivity index (χ1n) is 9.04. The van der Waals surface area contributed by atoms with Crippen molar-refractivity contribution in [2.75, 3.05) is 10.6 Å². The zero-order valence-corrected chi connectivity index (χ0v) is 18.3. The second-order valence-electron chi connectivity index (χ2n) is 6.71. The summed E-state index contributed by atoms with van der Waals surface area (Å²) < 4.78 is 52.9. The van der Waals surface area contributed by atoms with Gasteiger partial charge in [-0.1, -0.05) is 18.2 Å². The number of thiocarbonyl (C=S) groups is 1. The summed E-state index contributed by atoms with van der Waals surface area (Å²) in [5.41, 5.74) is 1.13. The molecular weight excluding hydrogens is 489 g/mol. The van der Waals surface area contributed by atoms with Crippen LogP contribution in [0.1, 0.15) is 10.4 Å². The number of carbonyl (C=O) groups is 1. The molecule has 2 atom stereocenters. The number of hydrogen-bond donors (Lipinski definition) is 3. The smallest absolute Gasteiger partial charge is 0.333 e. The molecule has 1 aliphatic carbocycles. The van der Waals surface area contributed by atoms with Crippen molar-refractivity contribution in [1.29, 1.82) is 0 Å². The van der Waals surface area contributed by atoms with Crippen molar-refractivity contribution in [2.24, 2.45) is 0 Å². The molecule has 4 nitrogen and oxygen atoms in total. The van der Waals surface area contributed by atoms with Gasteiger partial charge in [-0.2, -0.15) is 13.2 Å². The number of halogens is 6. The molecule has 168 valence electrons. The van der Waals surface area contributed by atoms with Crippen LogP contribution in [0.25, 0.3) is 0 Å². The fourth-order valence-corrected chi connectivity index (χ4v) is 3.44. The summed E-state index contributed by atoms with van der Waals surface area (Å²) in [4.78, 5) is 9.46. The van der Waals surface area contributed by atoms with Crippen LogP contribution in [0.15, 0.2) is 72.5 Å². The highest BCUT2D eigenvalue weighted by Gasteiger charge is 2.56. The maximum atomic E-state index is 13.7. The van der Waals surface area contributed by atoms with Gasteiger partial charge in [-0.3, -0.25) is 4.79 Å². The van der Waals surface area contributed by atoms with E-state index < -0.39 is 28.2 Å². The molecule has 0 heterocycles. The van der Waals surface area contributed by atoms with Gasteiger partial charge in [0.15, 0.2) is 9.99 Å². The van der Waals surface area contributed by atoms with Crippen LogP contribution < -0.4 is 16.0 Å². The number of nitrogens with one attached hydrogen (secondary N) is 3. The third-order valence-electron chi connectivity index (χ3n) is 4.44. The zero-order valence-electron chi connectivity index (χ0n) is 16.0. The summed E-state index contributed by atoms with van der Waals surface area (Å²) >= 11 is 16.6. The predicted molar refractivity (Wildman–Crippen MR) is 122 cm³/mol. The van der Waals surface area contributed by atoms with Gasteiger partial charge < -0.3 is 16.0 Å². The van der Waals surface area contributed by atoms with Gasteiger partial charge in [-0.25, -0.2) is 4.39 Å². The van der Waals surface area contributed by atoms with Crippen molar-refractivity contribution in [3.63, 3.8) is 0 Å². The molecule has 11 heteroatoms. The molecule has 1 amide bonds. The number of rotatable bonds is 4. The number of anilines is 2. The lowest BCUT2D eigenvalue weighted by Crippen LogP contribution is -2.47. The number of hydrogen-bond acceptors (Lipinski definition) is 2. The fraction of sp³-hybridized carbons (Fsp3) is 0.143. The zero-order chi connectivity index (χ0) is 23.5. The summed E-state index contributed by atoms with van der Waals surface area (Å²) in [6, 6.07) is 12.0. The lowest BCUT2D eigenvalue weighted by Gasteiger charge is -2.32. The third kappa shape index (κ3) is 5.40. The van der Waals surface area contributed by atoms with E-state index >= 15 is 0 Å². The van der Waals surface area contributed by atoms with E-state index in [9.17, 15) is 22.4 Å². The molecule has 0 saturated heterocycles. The largest absolute Gasteiger partial charge is 0.412 e. The molecule has 0 bridgehead atoms. The first kappa shape index (κ1) is 24.0. The highest BCUT2D eigenvalue weighted by Crippen LogP contribution is 2.44. The Hall–Kier alpha value is -2.62. The molecule has 0 aliphatic heterocycles. The first-order valence-corrected chi connectivity index (χ1v) is 10.3. The van der Waals surface area contributed by atoms with Gasteiger partial charge >= 0.3 is 6.18 Å². The van der Waals surface area contributed by atoms with Crippen LogP contribution in [0.3, 0.4) is 0 Å². The standard InChI is InChI=1S/C21H15Cl2F4N3OS/c22-17-11-14(9-10-20(17,23)21(25,26)27)30-19(32)29-13-7-5-12(6-8-13)28-18(31)15-3-1-2-4-16(15)24/h1-11,17H,(H,28,31)(H2,29,30,32). The Morgan fingerprint density at radius 3 is 2.16 bits per heavy atom. The van der Waals surface area contributed by atoms with Crippen LogP contribution >= 0.6 is 35.4 Å². The van der Waals surface area contributed by atoms with Gasteiger partial charge in [0.1, 0.15) is 5.82 Å².